The SMILES string of the molecule is O=C(Nc1cccc(Cl)c1F)C1CCNCC1. The van der Waals surface area contributed by atoms with E-state index in [1.54, 1.807) is 6.07 Å². The molecule has 1 aromatic carbocycles. The summed E-state index contributed by atoms with van der Waals surface area (Å²) in [5, 5.41) is 5.79. The lowest BCUT2D eigenvalue weighted by Gasteiger charge is -2.21. The summed E-state index contributed by atoms with van der Waals surface area (Å²) in [5.41, 5.74) is 0.154. The minimum Gasteiger partial charge on any atom is -0.323 e. The van der Waals surface area contributed by atoms with Crippen LogP contribution in [0.25, 0.3) is 0 Å². The van der Waals surface area contributed by atoms with E-state index in [2.05, 4.69) is 10.6 Å². The Labute approximate surface area is 104 Å². The fourth-order valence-corrected chi connectivity index (χ4v) is 2.09. The third kappa shape index (κ3) is 2.96. The molecular weight excluding hydrogens is 243 g/mol. The van der Waals surface area contributed by atoms with Crippen LogP contribution in [0.15, 0.2) is 18.2 Å². The lowest BCUT2D eigenvalue weighted by Crippen LogP contribution is -2.34. The highest BCUT2D eigenvalue weighted by Crippen LogP contribution is 2.23. The highest BCUT2D eigenvalue weighted by atomic mass is 35.5. The monoisotopic (exact) mass is 256 g/mol. The van der Waals surface area contributed by atoms with Crippen molar-refractivity contribution < 1.29 is 9.18 Å². The van der Waals surface area contributed by atoms with Gasteiger partial charge in [0.05, 0.1) is 10.7 Å². The molecule has 0 radical (unpaired) electrons. The Morgan fingerprint density at radius 1 is 1.41 bits per heavy atom. The van der Waals surface area contributed by atoms with Crippen molar-refractivity contribution in [2.75, 3.05) is 18.4 Å². The maximum Gasteiger partial charge on any atom is 0.227 e. The number of anilines is 1. The Hall–Kier alpha value is -1.13. The fourth-order valence-electron chi connectivity index (χ4n) is 1.92. The van der Waals surface area contributed by atoms with Gasteiger partial charge >= 0.3 is 0 Å². The number of halogens is 2. The second-order valence-electron chi connectivity index (χ2n) is 4.11. The first kappa shape index (κ1) is 12.3. The van der Waals surface area contributed by atoms with E-state index in [0.717, 1.165) is 25.9 Å². The molecule has 1 heterocycles. The van der Waals surface area contributed by atoms with Gasteiger partial charge in [-0.2, -0.15) is 0 Å². The summed E-state index contributed by atoms with van der Waals surface area (Å²) in [4.78, 5) is 11.9. The van der Waals surface area contributed by atoms with E-state index >= 15 is 0 Å². The predicted molar refractivity (Wildman–Crippen MR) is 65.6 cm³/mol. The van der Waals surface area contributed by atoms with Crippen LogP contribution >= 0.6 is 11.6 Å². The van der Waals surface area contributed by atoms with Crippen molar-refractivity contribution in [2.45, 2.75) is 12.8 Å². The smallest absolute Gasteiger partial charge is 0.227 e. The molecule has 0 saturated carbocycles. The zero-order chi connectivity index (χ0) is 12.3. The van der Waals surface area contributed by atoms with Gasteiger partial charge in [-0.1, -0.05) is 17.7 Å². The Morgan fingerprint density at radius 3 is 2.82 bits per heavy atom. The summed E-state index contributed by atoms with van der Waals surface area (Å²) < 4.78 is 13.6. The summed E-state index contributed by atoms with van der Waals surface area (Å²) in [6.07, 6.45) is 1.57. The number of hydrogen-bond acceptors (Lipinski definition) is 2. The van der Waals surface area contributed by atoms with Crippen LogP contribution in [0.5, 0.6) is 0 Å². The predicted octanol–water partition coefficient (Wildman–Crippen LogP) is 2.42. The molecule has 5 heteroatoms. The second kappa shape index (κ2) is 5.47. The Kier molecular flexibility index (Phi) is 3.97. The van der Waals surface area contributed by atoms with Crippen molar-refractivity contribution >= 4 is 23.2 Å². The molecular formula is C12H14ClFN2O. The molecule has 17 heavy (non-hydrogen) atoms. The summed E-state index contributed by atoms with van der Waals surface area (Å²) in [7, 11) is 0. The van der Waals surface area contributed by atoms with Gasteiger partial charge in [0.1, 0.15) is 0 Å². The Bertz CT molecular complexity index is 419. The van der Waals surface area contributed by atoms with E-state index in [0.29, 0.717) is 0 Å². The number of carbonyl (C=O) groups is 1. The maximum absolute atomic E-state index is 13.6. The molecule has 1 aromatic rings. The van der Waals surface area contributed by atoms with Gasteiger partial charge in [-0.25, -0.2) is 4.39 Å². The van der Waals surface area contributed by atoms with E-state index in [1.807, 2.05) is 0 Å². The minimum absolute atomic E-state index is 0.0214. The fraction of sp³-hybridized carbons (Fsp3) is 0.417. The average molecular weight is 257 g/mol. The molecule has 0 unspecified atom stereocenters. The van der Waals surface area contributed by atoms with Crippen LogP contribution in [0.2, 0.25) is 5.02 Å². The summed E-state index contributed by atoms with van der Waals surface area (Å²) in [6.45, 7) is 1.66. The number of piperidine rings is 1. The average Bonchev–Trinajstić information content (AvgIpc) is 2.36. The number of carbonyl (C=O) groups excluding carboxylic acids is 1. The van der Waals surface area contributed by atoms with E-state index in [-0.39, 0.29) is 22.5 Å². The van der Waals surface area contributed by atoms with Gasteiger partial charge in [-0.15, -0.1) is 0 Å². The third-order valence-electron chi connectivity index (χ3n) is 2.92. The van der Waals surface area contributed by atoms with Crippen molar-refractivity contribution in [3.8, 4) is 0 Å². The molecule has 0 spiro atoms. The lowest BCUT2D eigenvalue weighted by molar-refractivity contribution is -0.120. The number of amides is 1. The second-order valence-corrected chi connectivity index (χ2v) is 4.52. The van der Waals surface area contributed by atoms with Gasteiger partial charge in [-0.05, 0) is 38.1 Å². The van der Waals surface area contributed by atoms with Crippen LogP contribution in [0.3, 0.4) is 0 Å². The molecule has 0 aromatic heterocycles. The highest BCUT2D eigenvalue weighted by molar-refractivity contribution is 6.31. The molecule has 1 saturated heterocycles. The standard InChI is InChI=1S/C12H14ClFN2O/c13-9-2-1-3-10(11(9)14)16-12(17)8-4-6-15-7-5-8/h1-3,8,15H,4-7H2,(H,16,17). The molecule has 0 bridgehead atoms. The van der Waals surface area contributed by atoms with Crippen molar-refractivity contribution in [1.82, 2.24) is 5.32 Å². The minimum atomic E-state index is -0.573. The van der Waals surface area contributed by atoms with Crippen molar-refractivity contribution in [2.24, 2.45) is 5.92 Å². The number of nitrogens with one attached hydrogen (secondary N) is 2. The molecule has 1 amide bonds. The molecule has 1 fully saturated rings. The number of rotatable bonds is 2. The molecule has 1 aliphatic rings. The summed E-state index contributed by atoms with van der Waals surface area (Å²) in [5.74, 6) is -0.751. The van der Waals surface area contributed by atoms with E-state index in [4.69, 9.17) is 11.6 Å². The van der Waals surface area contributed by atoms with Crippen LogP contribution in [-0.2, 0) is 4.79 Å². The van der Waals surface area contributed by atoms with Gasteiger partial charge in [0.2, 0.25) is 5.91 Å². The first-order valence-electron chi connectivity index (χ1n) is 5.64. The topological polar surface area (TPSA) is 41.1 Å². The molecule has 2 N–H and O–H groups in total. The highest BCUT2D eigenvalue weighted by Gasteiger charge is 2.21. The number of hydrogen-bond donors (Lipinski definition) is 2. The zero-order valence-electron chi connectivity index (χ0n) is 9.30. The van der Waals surface area contributed by atoms with Crippen molar-refractivity contribution in [1.29, 1.82) is 0 Å². The molecule has 92 valence electrons. The quantitative estimate of drug-likeness (QED) is 0.853. The van der Waals surface area contributed by atoms with Gasteiger partial charge < -0.3 is 10.6 Å². The summed E-state index contributed by atoms with van der Waals surface area (Å²) in [6, 6.07) is 4.58. The van der Waals surface area contributed by atoms with Crippen LogP contribution < -0.4 is 10.6 Å². The van der Waals surface area contributed by atoms with Crippen molar-refractivity contribution in [3.05, 3.63) is 29.0 Å². The van der Waals surface area contributed by atoms with Gasteiger partial charge in [0.15, 0.2) is 5.82 Å². The van der Waals surface area contributed by atoms with E-state index in [9.17, 15) is 9.18 Å². The number of benzene rings is 1. The third-order valence-corrected chi connectivity index (χ3v) is 3.21. The maximum atomic E-state index is 13.6. The van der Waals surface area contributed by atoms with Gasteiger partial charge in [0.25, 0.3) is 0 Å². The molecule has 0 atom stereocenters. The van der Waals surface area contributed by atoms with Crippen molar-refractivity contribution in [3.63, 3.8) is 0 Å². The van der Waals surface area contributed by atoms with Crippen LogP contribution in [0, 0.1) is 11.7 Å². The first-order valence-corrected chi connectivity index (χ1v) is 6.02. The zero-order valence-corrected chi connectivity index (χ0v) is 10.1. The van der Waals surface area contributed by atoms with E-state index in [1.165, 1.54) is 12.1 Å². The summed E-state index contributed by atoms with van der Waals surface area (Å²) >= 11 is 5.65. The molecule has 2 rings (SSSR count). The normalized spacial score (nSPS) is 16.8. The first-order chi connectivity index (χ1) is 8.18. The molecule has 3 nitrogen and oxygen atoms in total. The Morgan fingerprint density at radius 2 is 2.12 bits per heavy atom. The van der Waals surface area contributed by atoms with Crippen LogP contribution in [0.1, 0.15) is 12.8 Å². The molecule has 0 aliphatic carbocycles. The van der Waals surface area contributed by atoms with Crippen LogP contribution in [-0.4, -0.2) is 19.0 Å². The lowest BCUT2D eigenvalue weighted by atomic mass is 9.97. The largest absolute Gasteiger partial charge is 0.323 e. The Balaban J connectivity index is 2.04. The van der Waals surface area contributed by atoms with E-state index < -0.39 is 5.82 Å². The van der Waals surface area contributed by atoms with Gasteiger partial charge in [-0.3, -0.25) is 4.79 Å². The van der Waals surface area contributed by atoms with Gasteiger partial charge in [0, 0.05) is 5.92 Å². The van der Waals surface area contributed by atoms with Crippen LogP contribution in [0.4, 0.5) is 10.1 Å². The molecule has 1 aliphatic heterocycles.